The van der Waals surface area contributed by atoms with Crippen molar-refractivity contribution in [2.45, 2.75) is 45.3 Å². The molecule has 1 heterocycles. The Balaban J connectivity index is 1.90. The SMILES string of the molecule is CC(CC=O)CCCOC1CCCO1. The lowest BCUT2D eigenvalue weighted by Gasteiger charge is -2.12. The van der Waals surface area contributed by atoms with Crippen molar-refractivity contribution in [1.82, 2.24) is 0 Å². The van der Waals surface area contributed by atoms with Gasteiger partial charge >= 0.3 is 0 Å². The smallest absolute Gasteiger partial charge is 0.157 e. The molecule has 3 heteroatoms. The summed E-state index contributed by atoms with van der Waals surface area (Å²) in [5.74, 6) is 0.487. The minimum Gasteiger partial charge on any atom is -0.353 e. The summed E-state index contributed by atoms with van der Waals surface area (Å²) in [6, 6.07) is 0. The fourth-order valence-electron chi connectivity index (χ4n) is 1.61. The van der Waals surface area contributed by atoms with Gasteiger partial charge in [0.2, 0.25) is 0 Å². The van der Waals surface area contributed by atoms with Gasteiger partial charge in [0.15, 0.2) is 6.29 Å². The Labute approximate surface area is 85.8 Å². The van der Waals surface area contributed by atoms with Crippen molar-refractivity contribution < 1.29 is 14.3 Å². The Bertz CT molecular complexity index is 153. The lowest BCUT2D eigenvalue weighted by atomic mass is 10.0. The number of ether oxygens (including phenoxy) is 2. The van der Waals surface area contributed by atoms with Gasteiger partial charge in [0, 0.05) is 26.1 Å². The number of carbonyl (C=O) groups is 1. The van der Waals surface area contributed by atoms with Gasteiger partial charge in [0.25, 0.3) is 0 Å². The highest BCUT2D eigenvalue weighted by Crippen LogP contribution is 2.14. The minimum atomic E-state index is 0.0383. The normalized spacial score (nSPS) is 23.6. The van der Waals surface area contributed by atoms with Crippen LogP contribution in [0.5, 0.6) is 0 Å². The highest BCUT2D eigenvalue weighted by molar-refractivity contribution is 5.49. The summed E-state index contributed by atoms with van der Waals surface area (Å²) < 4.78 is 10.9. The summed E-state index contributed by atoms with van der Waals surface area (Å²) in [5, 5.41) is 0. The first-order valence-electron chi connectivity index (χ1n) is 5.49. The van der Waals surface area contributed by atoms with Crippen LogP contribution in [0.1, 0.15) is 39.0 Å². The molecule has 1 fully saturated rings. The molecule has 0 aromatic carbocycles. The molecule has 1 aliphatic heterocycles. The van der Waals surface area contributed by atoms with Crippen molar-refractivity contribution >= 4 is 6.29 Å². The van der Waals surface area contributed by atoms with Gasteiger partial charge in [-0.15, -0.1) is 0 Å². The predicted octanol–water partition coefficient (Wildman–Crippen LogP) is 2.14. The zero-order chi connectivity index (χ0) is 10.2. The van der Waals surface area contributed by atoms with E-state index in [1.165, 1.54) is 0 Å². The largest absolute Gasteiger partial charge is 0.353 e. The third-order valence-electron chi connectivity index (χ3n) is 2.53. The van der Waals surface area contributed by atoms with E-state index in [0.29, 0.717) is 12.3 Å². The molecule has 14 heavy (non-hydrogen) atoms. The van der Waals surface area contributed by atoms with E-state index in [2.05, 4.69) is 6.92 Å². The third-order valence-corrected chi connectivity index (χ3v) is 2.53. The quantitative estimate of drug-likeness (QED) is 0.466. The zero-order valence-electron chi connectivity index (χ0n) is 8.91. The van der Waals surface area contributed by atoms with Crippen molar-refractivity contribution in [3.63, 3.8) is 0 Å². The molecule has 0 saturated carbocycles. The van der Waals surface area contributed by atoms with Crippen molar-refractivity contribution in [3.8, 4) is 0 Å². The van der Waals surface area contributed by atoms with Crippen molar-refractivity contribution in [3.05, 3.63) is 0 Å². The molecular formula is C11H20O3. The van der Waals surface area contributed by atoms with E-state index < -0.39 is 0 Å². The molecule has 1 rings (SSSR count). The van der Waals surface area contributed by atoms with E-state index in [4.69, 9.17) is 9.47 Å². The van der Waals surface area contributed by atoms with Crippen LogP contribution in [0.2, 0.25) is 0 Å². The van der Waals surface area contributed by atoms with Gasteiger partial charge in [-0.25, -0.2) is 0 Å². The summed E-state index contributed by atoms with van der Waals surface area (Å²) in [6.45, 7) is 3.69. The van der Waals surface area contributed by atoms with Crippen LogP contribution in [-0.2, 0) is 14.3 Å². The maximum atomic E-state index is 10.2. The molecule has 0 aromatic heterocycles. The number of aldehydes is 1. The Kier molecular flexibility index (Phi) is 5.80. The first kappa shape index (κ1) is 11.7. The molecule has 82 valence electrons. The van der Waals surface area contributed by atoms with Crippen LogP contribution in [0.25, 0.3) is 0 Å². The Morgan fingerprint density at radius 1 is 1.64 bits per heavy atom. The van der Waals surface area contributed by atoms with Gasteiger partial charge in [0.05, 0.1) is 0 Å². The predicted molar refractivity (Wildman–Crippen MR) is 54.0 cm³/mol. The van der Waals surface area contributed by atoms with Crippen molar-refractivity contribution in [1.29, 1.82) is 0 Å². The standard InChI is InChI=1S/C11H20O3/c1-10(6-7-12)4-2-8-13-11-5-3-9-14-11/h7,10-11H,2-6,8-9H2,1H3. The van der Waals surface area contributed by atoms with E-state index in [1.807, 2.05) is 0 Å². The van der Waals surface area contributed by atoms with Gasteiger partial charge in [-0.3, -0.25) is 0 Å². The topological polar surface area (TPSA) is 35.5 Å². The summed E-state index contributed by atoms with van der Waals surface area (Å²) in [4.78, 5) is 10.2. The number of carbonyl (C=O) groups excluding carboxylic acids is 1. The van der Waals surface area contributed by atoms with E-state index in [-0.39, 0.29) is 6.29 Å². The number of rotatable bonds is 7. The average molecular weight is 200 g/mol. The summed E-state index contributed by atoms with van der Waals surface area (Å²) in [5.41, 5.74) is 0. The average Bonchev–Trinajstić information content (AvgIpc) is 2.65. The second-order valence-electron chi connectivity index (χ2n) is 3.96. The molecule has 1 saturated heterocycles. The Morgan fingerprint density at radius 3 is 3.14 bits per heavy atom. The second-order valence-corrected chi connectivity index (χ2v) is 3.96. The van der Waals surface area contributed by atoms with Crippen LogP contribution < -0.4 is 0 Å². The molecular weight excluding hydrogens is 180 g/mol. The fourth-order valence-corrected chi connectivity index (χ4v) is 1.61. The number of hydrogen-bond donors (Lipinski definition) is 0. The van der Waals surface area contributed by atoms with Crippen LogP contribution in [0, 0.1) is 5.92 Å². The molecule has 0 amide bonds. The maximum Gasteiger partial charge on any atom is 0.157 e. The van der Waals surface area contributed by atoms with Gasteiger partial charge in [-0.2, -0.15) is 0 Å². The highest BCUT2D eigenvalue weighted by Gasteiger charge is 2.15. The Morgan fingerprint density at radius 2 is 2.50 bits per heavy atom. The number of hydrogen-bond acceptors (Lipinski definition) is 3. The highest BCUT2D eigenvalue weighted by atomic mass is 16.7. The van der Waals surface area contributed by atoms with Crippen LogP contribution in [0.15, 0.2) is 0 Å². The first-order valence-corrected chi connectivity index (χ1v) is 5.49. The summed E-state index contributed by atoms with van der Waals surface area (Å²) in [7, 11) is 0. The molecule has 0 radical (unpaired) electrons. The van der Waals surface area contributed by atoms with Crippen molar-refractivity contribution in [2.24, 2.45) is 5.92 Å². The van der Waals surface area contributed by atoms with Crippen LogP contribution in [0.4, 0.5) is 0 Å². The van der Waals surface area contributed by atoms with Crippen molar-refractivity contribution in [2.75, 3.05) is 13.2 Å². The molecule has 0 N–H and O–H groups in total. The molecule has 0 aliphatic carbocycles. The second kappa shape index (κ2) is 6.96. The molecule has 0 aromatic rings. The molecule has 0 bridgehead atoms. The van der Waals surface area contributed by atoms with E-state index in [0.717, 1.165) is 45.2 Å². The zero-order valence-corrected chi connectivity index (χ0v) is 8.91. The van der Waals surface area contributed by atoms with E-state index in [9.17, 15) is 4.79 Å². The molecule has 2 atom stereocenters. The monoisotopic (exact) mass is 200 g/mol. The first-order chi connectivity index (χ1) is 6.83. The lowest BCUT2D eigenvalue weighted by molar-refractivity contribution is -0.113. The summed E-state index contributed by atoms with van der Waals surface area (Å²) in [6.07, 6.45) is 5.93. The fraction of sp³-hybridized carbons (Fsp3) is 0.909. The molecule has 0 spiro atoms. The van der Waals surface area contributed by atoms with Gasteiger partial charge in [-0.05, 0) is 25.2 Å². The Hall–Kier alpha value is -0.410. The van der Waals surface area contributed by atoms with Gasteiger partial charge < -0.3 is 14.3 Å². The van der Waals surface area contributed by atoms with Crippen LogP contribution >= 0.6 is 0 Å². The minimum absolute atomic E-state index is 0.0383. The van der Waals surface area contributed by atoms with E-state index >= 15 is 0 Å². The molecule has 3 nitrogen and oxygen atoms in total. The lowest BCUT2D eigenvalue weighted by Crippen LogP contribution is -2.11. The van der Waals surface area contributed by atoms with E-state index in [1.54, 1.807) is 0 Å². The van der Waals surface area contributed by atoms with Crippen LogP contribution in [0.3, 0.4) is 0 Å². The van der Waals surface area contributed by atoms with Gasteiger partial charge in [0.1, 0.15) is 6.29 Å². The molecule has 2 unspecified atom stereocenters. The third kappa shape index (κ3) is 4.72. The van der Waals surface area contributed by atoms with Crippen LogP contribution in [-0.4, -0.2) is 25.8 Å². The summed E-state index contributed by atoms with van der Waals surface area (Å²) >= 11 is 0. The molecule has 1 aliphatic rings. The maximum absolute atomic E-state index is 10.2. The van der Waals surface area contributed by atoms with Gasteiger partial charge in [-0.1, -0.05) is 6.92 Å².